The van der Waals surface area contributed by atoms with Crippen LogP contribution in [0.5, 0.6) is 0 Å². The summed E-state index contributed by atoms with van der Waals surface area (Å²) in [6, 6.07) is 17.6. The van der Waals surface area contributed by atoms with Crippen molar-refractivity contribution >= 4 is 17.1 Å². The molecule has 23 heavy (non-hydrogen) atoms. The predicted octanol–water partition coefficient (Wildman–Crippen LogP) is 3.84. The smallest absolute Gasteiger partial charge is 0.0646 e. The fourth-order valence-corrected chi connectivity index (χ4v) is 4.24. The summed E-state index contributed by atoms with van der Waals surface area (Å²) in [5, 5.41) is 3.35. The van der Waals surface area contributed by atoms with Gasteiger partial charge in [-0.3, -0.25) is 0 Å². The Hall–Kier alpha value is -2.00. The van der Waals surface area contributed by atoms with Gasteiger partial charge in [-0.25, -0.2) is 0 Å². The molecule has 0 saturated carbocycles. The largest absolute Gasteiger partial charge is 0.386 e. The molecule has 0 aromatic heterocycles. The lowest BCUT2D eigenvalue weighted by atomic mass is 9.74. The Labute approximate surface area is 138 Å². The third-order valence-electron chi connectivity index (χ3n) is 5.64. The fraction of sp³-hybridized carbons (Fsp3) is 0.400. The zero-order valence-electron chi connectivity index (χ0n) is 14.0. The van der Waals surface area contributed by atoms with E-state index in [2.05, 4.69) is 70.7 Å². The first-order valence-electron chi connectivity index (χ1n) is 8.56. The van der Waals surface area contributed by atoms with Gasteiger partial charge in [0.15, 0.2) is 0 Å². The highest BCUT2D eigenvalue weighted by atomic mass is 15.2. The molecule has 3 nitrogen and oxygen atoms in total. The molecule has 2 aliphatic rings. The minimum atomic E-state index is 0.309. The van der Waals surface area contributed by atoms with Crippen LogP contribution < -0.4 is 10.2 Å². The molecule has 1 N–H and O–H groups in total. The maximum absolute atomic E-state index is 3.35. The van der Waals surface area contributed by atoms with Crippen LogP contribution in [-0.2, 0) is 5.41 Å². The van der Waals surface area contributed by atoms with E-state index in [4.69, 9.17) is 0 Å². The first kappa shape index (κ1) is 14.6. The average molecular weight is 307 g/mol. The van der Waals surface area contributed by atoms with Crippen LogP contribution in [0.25, 0.3) is 0 Å². The lowest BCUT2D eigenvalue weighted by Gasteiger charge is -2.38. The summed E-state index contributed by atoms with van der Waals surface area (Å²) >= 11 is 0. The van der Waals surface area contributed by atoms with Gasteiger partial charge in [0.1, 0.15) is 0 Å². The number of piperidine rings is 1. The van der Waals surface area contributed by atoms with Gasteiger partial charge in [-0.15, -0.1) is 0 Å². The van der Waals surface area contributed by atoms with Crippen molar-refractivity contribution in [2.75, 3.05) is 43.9 Å². The molecule has 0 bridgehead atoms. The number of nitrogens with zero attached hydrogens (tertiary/aromatic N) is 2. The number of benzene rings is 2. The number of para-hydroxylation sites is 3. The Balaban J connectivity index is 1.79. The van der Waals surface area contributed by atoms with Crippen molar-refractivity contribution in [2.45, 2.75) is 18.3 Å². The third-order valence-corrected chi connectivity index (χ3v) is 5.64. The quantitative estimate of drug-likeness (QED) is 0.909. The Morgan fingerprint density at radius 3 is 2.30 bits per heavy atom. The molecule has 0 aliphatic carbocycles. The van der Waals surface area contributed by atoms with Gasteiger partial charge in [-0.2, -0.15) is 0 Å². The maximum Gasteiger partial charge on any atom is 0.0646 e. The van der Waals surface area contributed by atoms with Gasteiger partial charge in [-0.1, -0.05) is 30.3 Å². The van der Waals surface area contributed by atoms with Crippen LogP contribution in [0.3, 0.4) is 0 Å². The van der Waals surface area contributed by atoms with Gasteiger partial charge in [-0.05, 0) is 56.7 Å². The van der Waals surface area contributed by atoms with E-state index in [1.165, 1.54) is 43.0 Å². The van der Waals surface area contributed by atoms with E-state index in [1.54, 1.807) is 5.56 Å². The summed E-state index contributed by atoms with van der Waals surface area (Å²) in [7, 11) is 4.24. The van der Waals surface area contributed by atoms with E-state index in [0.717, 1.165) is 6.54 Å². The monoisotopic (exact) mass is 307 g/mol. The molecule has 1 saturated heterocycles. The average Bonchev–Trinajstić information content (AvgIpc) is 2.92. The third kappa shape index (κ3) is 2.31. The van der Waals surface area contributed by atoms with Gasteiger partial charge in [0.25, 0.3) is 0 Å². The first-order chi connectivity index (χ1) is 11.2. The SMILES string of the molecule is CNc1ccccc1N1CC2(CCN(C)CC2)c2ccccc21. The molecule has 1 fully saturated rings. The molecule has 2 heterocycles. The number of nitrogens with one attached hydrogen (secondary N) is 1. The molecule has 120 valence electrons. The first-order valence-corrected chi connectivity index (χ1v) is 8.56. The van der Waals surface area contributed by atoms with Crippen molar-refractivity contribution in [3.05, 3.63) is 54.1 Å². The standard InChI is InChI=1S/C20H25N3/c1-21-17-8-4-6-10-19(17)23-15-20(11-13-22(2)14-12-20)16-7-3-5-9-18(16)23/h3-10,21H,11-15H2,1-2H3. The Morgan fingerprint density at radius 1 is 0.913 bits per heavy atom. The molecule has 2 aliphatic heterocycles. The summed E-state index contributed by atoms with van der Waals surface area (Å²) in [5.41, 5.74) is 5.73. The summed E-state index contributed by atoms with van der Waals surface area (Å²) in [5.74, 6) is 0. The van der Waals surface area contributed by atoms with Crippen molar-refractivity contribution in [3.63, 3.8) is 0 Å². The van der Waals surface area contributed by atoms with E-state index >= 15 is 0 Å². The molecule has 0 radical (unpaired) electrons. The topological polar surface area (TPSA) is 18.5 Å². The summed E-state index contributed by atoms with van der Waals surface area (Å²) in [4.78, 5) is 4.98. The highest BCUT2D eigenvalue weighted by molar-refractivity contribution is 5.81. The normalized spacial score (nSPS) is 19.8. The molecule has 3 heteroatoms. The van der Waals surface area contributed by atoms with E-state index in [0.29, 0.717) is 5.41 Å². The van der Waals surface area contributed by atoms with Gasteiger partial charge >= 0.3 is 0 Å². The Kier molecular flexibility index (Phi) is 3.53. The van der Waals surface area contributed by atoms with Crippen molar-refractivity contribution in [1.29, 1.82) is 0 Å². The second-order valence-corrected chi connectivity index (χ2v) is 6.95. The second kappa shape index (κ2) is 5.57. The minimum absolute atomic E-state index is 0.309. The second-order valence-electron chi connectivity index (χ2n) is 6.95. The molecule has 1 spiro atoms. The number of hydrogen-bond acceptors (Lipinski definition) is 3. The summed E-state index contributed by atoms with van der Waals surface area (Å²) < 4.78 is 0. The van der Waals surface area contributed by atoms with E-state index in [1.807, 2.05) is 7.05 Å². The van der Waals surface area contributed by atoms with Crippen LogP contribution in [0, 0.1) is 0 Å². The zero-order valence-corrected chi connectivity index (χ0v) is 14.0. The van der Waals surface area contributed by atoms with Crippen LogP contribution in [-0.4, -0.2) is 38.6 Å². The van der Waals surface area contributed by atoms with Crippen molar-refractivity contribution in [2.24, 2.45) is 0 Å². The molecular weight excluding hydrogens is 282 g/mol. The summed E-state index contributed by atoms with van der Waals surface area (Å²) in [6.07, 6.45) is 2.50. The van der Waals surface area contributed by atoms with Crippen LogP contribution >= 0.6 is 0 Å². The highest BCUT2D eigenvalue weighted by Gasteiger charge is 2.44. The van der Waals surface area contributed by atoms with Crippen LogP contribution in [0.4, 0.5) is 17.1 Å². The molecule has 2 aromatic rings. The number of anilines is 3. The van der Waals surface area contributed by atoms with E-state index in [9.17, 15) is 0 Å². The lowest BCUT2D eigenvalue weighted by Crippen LogP contribution is -2.43. The van der Waals surface area contributed by atoms with Crippen molar-refractivity contribution in [1.82, 2.24) is 4.90 Å². The van der Waals surface area contributed by atoms with Gasteiger partial charge in [0.05, 0.1) is 11.4 Å². The highest BCUT2D eigenvalue weighted by Crippen LogP contribution is 2.50. The molecule has 4 rings (SSSR count). The number of likely N-dealkylation sites (tertiary alicyclic amines) is 1. The zero-order chi connectivity index (χ0) is 15.9. The number of fused-ring (bicyclic) bond motifs is 2. The number of rotatable bonds is 2. The molecule has 0 atom stereocenters. The molecular formula is C20H25N3. The Bertz CT molecular complexity index is 702. The number of hydrogen-bond donors (Lipinski definition) is 1. The van der Waals surface area contributed by atoms with E-state index < -0.39 is 0 Å². The van der Waals surface area contributed by atoms with Gasteiger partial charge in [0, 0.05) is 24.7 Å². The maximum atomic E-state index is 3.35. The lowest BCUT2D eigenvalue weighted by molar-refractivity contribution is 0.198. The molecule has 0 unspecified atom stereocenters. The fourth-order valence-electron chi connectivity index (χ4n) is 4.24. The van der Waals surface area contributed by atoms with Crippen LogP contribution in [0.1, 0.15) is 18.4 Å². The van der Waals surface area contributed by atoms with Crippen LogP contribution in [0.2, 0.25) is 0 Å². The molecule has 2 aromatic carbocycles. The minimum Gasteiger partial charge on any atom is -0.386 e. The van der Waals surface area contributed by atoms with E-state index in [-0.39, 0.29) is 0 Å². The predicted molar refractivity (Wildman–Crippen MR) is 97.8 cm³/mol. The summed E-state index contributed by atoms with van der Waals surface area (Å²) in [6.45, 7) is 3.48. The van der Waals surface area contributed by atoms with Crippen molar-refractivity contribution in [3.8, 4) is 0 Å². The van der Waals surface area contributed by atoms with Crippen LogP contribution in [0.15, 0.2) is 48.5 Å². The molecule has 0 amide bonds. The van der Waals surface area contributed by atoms with Gasteiger partial charge < -0.3 is 15.1 Å². The van der Waals surface area contributed by atoms with Crippen molar-refractivity contribution < 1.29 is 0 Å². The van der Waals surface area contributed by atoms with Gasteiger partial charge in [0.2, 0.25) is 0 Å². The Morgan fingerprint density at radius 2 is 1.57 bits per heavy atom.